The van der Waals surface area contributed by atoms with Gasteiger partial charge in [0.05, 0.1) is 23.9 Å². The van der Waals surface area contributed by atoms with Crippen molar-refractivity contribution in [3.8, 4) is 0 Å². The lowest BCUT2D eigenvalue weighted by atomic mass is 10.1. The van der Waals surface area contributed by atoms with Crippen molar-refractivity contribution in [2.45, 2.75) is 38.3 Å². The Balaban J connectivity index is 1.65. The molecule has 2 aromatic heterocycles. The van der Waals surface area contributed by atoms with E-state index in [0.29, 0.717) is 5.56 Å². The van der Waals surface area contributed by atoms with E-state index in [9.17, 15) is 18.0 Å². The molecule has 164 valence electrons. The molecule has 0 atom stereocenters. The van der Waals surface area contributed by atoms with E-state index in [1.807, 2.05) is 20.8 Å². The third kappa shape index (κ3) is 4.41. The number of carbonyl (C=O) groups is 2. The molecule has 2 aromatic rings. The van der Waals surface area contributed by atoms with Gasteiger partial charge in [-0.1, -0.05) is 0 Å². The van der Waals surface area contributed by atoms with Gasteiger partial charge in [-0.05, 0) is 39.8 Å². The number of esters is 1. The number of furan rings is 1. The molecule has 3 heterocycles. The molecular formula is C19H26N4O6S. The van der Waals surface area contributed by atoms with Crippen molar-refractivity contribution in [3.63, 3.8) is 0 Å². The summed E-state index contributed by atoms with van der Waals surface area (Å²) in [6.07, 6.45) is 3.22. The van der Waals surface area contributed by atoms with Gasteiger partial charge in [-0.15, -0.1) is 0 Å². The van der Waals surface area contributed by atoms with Gasteiger partial charge in [-0.2, -0.15) is 9.40 Å². The summed E-state index contributed by atoms with van der Waals surface area (Å²) in [5, 5.41) is 3.92. The maximum absolute atomic E-state index is 12.8. The van der Waals surface area contributed by atoms with Gasteiger partial charge in [0.15, 0.2) is 0 Å². The minimum Gasteiger partial charge on any atom is -0.460 e. The predicted molar refractivity (Wildman–Crippen MR) is 107 cm³/mol. The number of ether oxygens (including phenoxy) is 1. The number of carbonyl (C=O) groups excluding carboxylic acids is 2. The number of nitrogens with zero attached hydrogens (tertiary/aromatic N) is 4. The lowest BCUT2D eigenvalue weighted by Gasteiger charge is -2.33. The summed E-state index contributed by atoms with van der Waals surface area (Å²) in [6, 6.07) is 2.51. The van der Waals surface area contributed by atoms with Crippen LogP contribution in [0.25, 0.3) is 0 Å². The first-order valence-corrected chi connectivity index (χ1v) is 11.1. The van der Waals surface area contributed by atoms with E-state index in [0.717, 1.165) is 0 Å². The van der Waals surface area contributed by atoms with Crippen LogP contribution < -0.4 is 0 Å². The fourth-order valence-electron chi connectivity index (χ4n) is 3.01. The summed E-state index contributed by atoms with van der Waals surface area (Å²) in [7, 11) is -3.91. The van der Waals surface area contributed by atoms with E-state index in [2.05, 4.69) is 5.10 Å². The molecule has 1 saturated heterocycles. The van der Waals surface area contributed by atoms with Crippen LogP contribution in [-0.4, -0.2) is 72.1 Å². The summed E-state index contributed by atoms with van der Waals surface area (Å²) in [4.78, 5) is 26.0. The Morgan fingerprint density at radius 2 is 1.83 bits per heavy atom. The predicted octanol–water partition coefficient (Wildman–Crippen LogP) is 1.55. The Bertz CT molecular complexity index is 1030. The van der Waals surface area contributed by atoms with Crippen LogP contribution in [0.4, 0.5) is 0 Å². The molecule has 0 spiro atoms. The Morgan fingerprint density at radius 3 is 2.40 bits per heavy atom. The molecule has 3 rings (SSSR count). The normalized spacial score (nSPS) is 15.9. The van der Waals surface area contributed by atoms with Crippen LogP contribution in [0.15, 0.2) is 34.0 Å². The average Bonchev–Trinajstić information content (AvgIpc) is 3.37. The zero-order valence-corrected chi connectivity index (χ0v) is 18.3. The fraction of sp³-hybridized carbons (Fsp3) is 0.526. The van der Waals surface area contributed by atoms with E-state index in [1.165, 1.54) is 22.6 Å². The third-order valence-electron chi connectivity index (χ3n) is 4.69. The lowest BCUT2D eigenvalue weighted by molar-refractivity contribution is 0.0483. The molecule has 0 N–H and O–H groups in total. The maximum Gasteiger partial charge on any atom is 0.374 e. The van der Waals surface area contributed by atoms with E-state index in [4.69, 9.17) is 9.15 Å². The largest absolute Gasteiger partial charge is 0.460 e. The summed E-state index contributed by atoms with van der Waals surface area (Å²) < 4.78 is 38.6. The SMILES string of the molecule is CCOC(=O)c1ccc(S(=O)(=O)N2CCN(C(=O)c3cnn(C(C)(C)C)c3)CC2)o1. The first-order valence-electron chi connectivity index (χ1n) is 9.65. The second-order valence-corrected chi connectivity index (χ2v) is 9.75. The van der Waals surface area contributed by atoms with Gasteiger partial charge in [0.25, 0.3) is 15.9 Å². The quantitative estimate of drug-likeness (QED) is 0.651. The van der Waals surface area contributed by atoms with Crippen LogP contribution in [0.3, 0.4) is 0 Å². The Kier molecular flexibility index (Phi) is 6.04. The molecule has 1 amide bonds. The highest BCUT2D eigenvalue weighted by molar-refractivity contribution is 7.89. The second-order valence-electron chi connectivity index (χ2n) is 7.88. The number of amides is 1. The molecule has 1 aliphatic rings. The van der Waals surface area contributed by atoms with Crippen LogP contribution in [0.5, 0.6) is 0 Å². The zero-order valence-electron chi connectivity index (χ0n) is 17.5. The van der Waals surface area contributed by atoms with Gasteiger partial charge in [0, 0.05) is 32.4 Å². The molecule has 10 nitrogen and oxygen atoms in total. The number of hydrogen-bond acceptors (Lipinski definition) is 7. The molecule has 30 heavy (non-hydrogen) atoms. The Morgan fingerprint density at radius 1 is 1.17 bits per heavy atom. The first-order chi connectivity index (χ1) is 14.0. The maximum atomic E-state index is 12.8. The first kappa shape index (κ1) is 22.0. The molecule has 1 aliphatic heterocycles. The highest BCUT2D eigenvalue weighted by atomic mass is 32.2. The van der Waals surface area contributed by atoms with E-state index < -0.39 is 16.0 Å². The molecule has 0 radical (unpaired) electrons. The van der Waals surface area contributed by atoms with E-state index in [-0.39, 0.29) is 55.1 Å². The van der Waals surface area contributed by atoms with Gasteiger partial charge in [0.1, 0.15) is 0 Å². The van der Waals surface area contributed by atoms with Gasteiger partial charge < -0.3 is 14.1 Å². The monoisotopic (exact) mass is 438 g/mol. The molecule has 0 aliphatic carbocycles. The molecular weight excluding hydrogens is 412 g/mol. The van der Waals surface area contributed by atoms with Crippen LogP contribution in [0, 0.1) is 0 Å². The van der Waals surface area contributed by atoms with Crippen molar-refractivity contribution in [2.24, 2.45) is 0 Å². The average molecular weight is 439 g/mol. The third-order valence-corrected chi connectivity index (χ3v) is 6.47. The Hall–Kier alpha value is -2.66. The number of rotatable bonds is 5. The second kappa shape index (κ2) is 8.23. The minimum atomic E-state index is -3.91. The topological polar surface area (TPSA) is 115 Å². The van der Waals surface area contributed by atoms with Crippen molar-refractivity contribution >= 4 is 21.9 Å². The standard InChI is InChI=1S/C19H26N4O6S/c1-5-28-18(25)15-6-7-16(29-15)30(26,27)22-10-8-21(9-11-22)17(24)14-12-20-23(13-14)19(2,3)4/h6-7,12-13H,5,8-11H2,1-4H3. The number of aromatic nitrogens is 2. The van der Waals surface area contributed by atoms with Crippen molar-refractivity contribution in [3.05, 3.63) is 35.9 Å². The van der Waals surface area contributed by atoms with E-state index in [1.54, 1.807) is 22.7 Å². The van der Waals surface area contributed by atoms with Crippen molar-refractivity contribution in [1.29, 1.82) is 0 Å². The molecule has 0 saturated carbocycles. The highest BCUT2D eigenvalue weighted by Crippen LogP contribution is 2.22. The number of sulfonamides is 1. The van der Waals surface area contributed by atoms with Crippen molar-refractivity contribution < 1.29 is 27.2 Å². The lowest BCUT2D eigenvalue weighted by Crippen LogP contribution is -2.50. The minimum absolute atomic E-state index is 0.122. The zero-order chi connectivity index (χ0) is 22.1. The Labute approximate surface area is 175 Å². The molecule has 0 unspecified atom stereocenters. The summed E-state index contributed by atoms with van der Waals surface area (Å²) >= 11 is 0. The summed E-state index contributed by atoms with van der Waals surface area (Å²) in [5.41, 5.74) is 0.225. The summed E-state index contributed by atoms with van der Waals surface area (Å²) in [6.45, 7) is 8.49. The van der Waals surface area contributed by atoms with E-state index >= 15 is 0 Å². The van der Waals surface area contributed by atoms with Gasteiger partial charge in [-0.3, -0.25) is 9.48 Å². The molecule has 0 bridgehead atoms. The molecule has 0 aromatic carbocycles. The van der Waals surface area contributed by atoms with Crippen LogP contribution in [0.1, 0.15) is 48.6 Å². The van der Waals surface area contributed by atoms with Crippen LogP contribution >= 0.6 is 0 Å². The van der Waals surface area contributed by atoms with Gasteiger partial charge in [-0.25, -0.2) is 13.2 Å². The fourth-order valence-corrected chi connectivity index (χ4v) is 4.35. The highest BCUT2D eigenvalue weighted by Gasteiger charge is 2.33. The van der Waals surface area contributed by atoms with Gasteiger partial charge in [0.2, 0.25) is 10.9 Å². The van der Waals surface area contributed by atoms with Crippen molar-refractivity contribution in [1.82, 2.24) is 19.0 Å². The molecule has 11 heteroatoms. The number of hydrogen-bond donors (Lipinski definition) is 0. The van der Waals surface area contributed by atoms with Crippen LogP contribution in [0.2, 0.25) is 0 Å². The smallest absolute Gasteiger partial charge is 0.374 e. The molecule has 1 fully saturated rings. The van der Waals surface area contributed by atoms with Crippen LogP contribution in [-0.2, 0) is 20.3 Å². The van der Waals surface area contributed by atoms with Gasteiger partial charge >= 0.3 is 5.97 Å². The number of piperazine rings is 1. The summed E-state index contributed by atoms with van der Waals surface area (Å²) in [5.74, 6) is -1.07. The van der Waals surface area contributed by atoms with Crippen molar-refractivity contribution in [2.75, 3.05) is 32.8 Å².